The monoisotopic (exact) mass is 176 g/mol. The summed E-state index contributed by atoms with van der Waals surface area (Å²) < 4.78 is 0. The van der Waals surface area contributed by atoms with Crippen molar-refractivity contribution in [2.24, 2.45) is 0 Å². The quantitative estimate of drug-likeness (QED) is 0.557. The third-order valence-electron chi connectivity index (χ3n) is 2.03. The van der Waals surface area contributed by atoms with Crippen LogP contribution in [0, 0.1) is 0 Å². The zero-order valence-corrected chi connectivity index (χ0v) is 7.90. The predicted molar refractivity (Wildman–Crippen MR) is 47.8 cm³/mol. The highest BCUT2D eigenvalue weighted by Crippen LogP contribution is 2.09. The summed E-state index contributed by atoms with van der Waals surface area (Å²) in [7, 11) is 0. The number of aliphatic hydroxyl groups is 3. The van der Waals surface area contributed by atoms with Crippen LogP contribution in [0.4, 0.5) is 0 Å². The molecule has 2 atom stereocenters. The van der Waals surface area contributed by atoms with E-state index in [1.807, 2.05) is 13.8 Å². The van der Waals surface area contributed by atoms with Crippen molar-refractivity contribution in [2.45, 2.75) is 57.8 Å². The Kier molecular flexibility index (Phi) is 6.34. The Morgan fingerprint density at radius 1 is 0.750 bits per heavy atom. The van der Waals surface area contributed by atoms with E-state index in [1.165, 1.54) is 0 Å². The average molecular weight is 176 g/mol. The van der Waals surface area contributed by atoms with Gasteiger partial charge in [-0.2, -0.15) is 0 Å². The first-order chi connectivity index (χ1) is 5.60. The second-order valence-electron chi connectivity index (χ2n) is 3.25. The van der Waals surface area contributed by atoms with Gasteiger partial charge in [-0.3, -0.25) is 0 Å². The highest BCUT2D eigenvalue weighted by molar-refractivity contribution is 4.66. The lowest BCUT2D eigenvalue weighted by Gasteiger charge is -2.16. The van der Waals surface area contributed by atoms with Gasteiger partial charge in [0.2, 0.25) is 0 Å². The van der Waals surface area contributed by atoms with Crippen LogP contribution in [0.25, 0.3) is 0 Å². The van der Waals surface area contributed by atoms with Crippen molar-refractivity contribution in [2.75, 3.05) is 0 Å². The summed E-state index contributed by atoms with van der Waals surface area (Å²) in [5.41, 5.74) is 0. The Bertz CT molecular complexity index is 93.9. The Labute approximate surface area is 74.0 Å². The van der Waals surface area contributed by atoms with Gasteiger partial charge < -0.3 is 15.3 Å². The van der Waals surface area contributed by atoms with Crippen LogP contribution in [-0.2, 0) is 0 Å². The van der Waals surface area contributed by atoms with Crippen molar-refractivity contribution in [3.05, 3.63) is 0 Å². The maximum atomic E-state index is 9.33. The van der Waals surface area contributed by atoms with Crippen LogP contribution < -0.4 is 0 Å². The Hall–Kier alpha value is -0.120. The molecule has 0 rings (SSSR count). The first-order valence-corrected chi connectivity index (χ1v) is 4.64. The van der Waals surface area contributed by atoms with Gasteiger partial charge in [-0.25, -0.2) is 0 Å². The van der Waals surface area contributed by atoms with Crippen LogP contribution in [0.1, 0.15) is 39.5 Å². The van der Waals surface area contributed by atoms with E-state index in [-0.39, 0.29) is 0 Å². The van der Waals surface area contributed by atoms with E-state index in [9.17, 15) is 15.3 Å². The van der Waals surface area contributed by atoms with Crippen molar-refractivity contribution in [3.63, 3.8) is 0 Å². The summed E-state index contributed by atoms with van der Waals surface area (Å²) in [5.74, 6) is 0. The van der Waals surface area contributed by atoms with Crippen LogP contribution >= 0.6 is 0 Å². The lowest BCUT2D eigenvalue weighted by molar-refractivity contribution is 0.0378. The Morgan fingerprint density at radius 2 is 1.08 bits per heavy atom. The van der Waals surface area contributed by atoms with Gasteiger partial charge in [-0.1, -0.05) is 13.8 Å². The van der Waals surface area contributed by atoms with Crippen molar-refractivity contribution < 1.29 is 15.3 Å². The van der Waals surface area contributed by atoms with Crippen molar-refractivity contribution in [1.29, 1.82) is 0 Å². The van der Waals surface area contributed by atoms with Gasteiger partial charge in [0.25, 0.3) is 0 Å². The SMILES string of the molecule is CCC(O)CC(O)CC(O)CC. The standard InChI is InChI=1S/C9H20O3/c1-3-7(10)5-9(12)6-8(11)4-2/h7-12H,3-6H2,1-2H3. The average Bonchev–Trinajstić information content (AvgIpc) is 2.03. The fraction of sp³-hybridized carbons (Fsp3) is 1.00. The molecule has 0 fully saturated rings. The minimum atomic E-state index is -0.574. The zero-order chi connectivity index (χ0) is 9.56. The molecule has 2 unspecified atom stereocenters. The van der Waals surface area contributed by atoms with Crippen LogP contribution in [-0.4, -0.2) is 33.6 Å². The molecule has 3 heteroatoms. The van der Waals surface area contributed by atoms with Gasteiger partial charge in [-0.05, 0) is 25.7 Å². The van der Waals surface area contributed by atoms with Crippen molar-refractivity contribution in [1.82, 2.24) is 0 Å². The van der Waals surface area contributed by atoms with Crippen LogP contribution in [0.5, 0.6) is 0 Å². The minimum absolute atomic E-state index is 0.369. The minimum Gasteiger partial charge on any atom is -0.393 e. The van der Waals surface area contributed by atoms with Gasteiger partial charge in [0, 0.05) is 0 Å². The summed E-state index contributed by atoms with van der Waals surface area (Å²) in [6.07, 6.45) is 0.586. The summed E-state index contributed by atoms with van der Waals surface area (Å²) in [6, 6.07) is 0. The fourth-order valence-corrected chi connectivity index (χ4v) is 1.06. The summed E-state index contributed by atoms with van der Waals surface area (Å²) >= 11 is 0. The van der Waals surface area contributed by atoms with Crippen LogP contribution in [0.15, 0.2) is 0 Å². The number of rotatable bonds is 6. The first-order valence-electron chi connectivity index (χ1n) is 4.64. The fourth-order valence-electron chi connectivity index (χ4n) is 1.06. The molecule has 0 aromatic carbocycles. The van der Waals surface area contributed by atoms with E-state index < -0.39 is 18.3 Å². The van der Waals surface area contributed by atoms with E-state index in [0.717, 1.165) is 0 Å². The van der Waals surface area contributed by atoms with Gasteiger partial charge in [-0.15, -0.1) is 0 Å². The molecular weight excluding hydrogens is 156 g/mol. The molecule has 0 spiro atoms. The van der Waals surface area contributed by atoms with E-state index in [0.29, 0.717) is 25.7 Å². The second-order valence-corrected chi connectivity index (χ2v) is 3.25. The maximum absolute atomic E-state index is 9.33. The molecule has 0 heterocycles. The molecule has 3 N–H and O–H groups in total. The topological polar surface area (TPSA) is 60.7 Å². The predicted octanol–water partition coefficient (Wildman–Crippen LogP) is 0.669. The molecular formula is C9H20O3. The highest BCUT2D eigenvalue weighted by Gasteiger charge is 2.13. The third-order valence-corrected chi connectivity index (χ3v) is 2.03. The van der Waals surface area contributed by atoms with Crippen LogP contribution in [0.3, 0.4) is 0 Å². The normalized spacial score (nSPS) is 18.8. The molecule has 0 saturated carbocycles. The molecule has 0 saturated heterocycles. The molecule has 0 bridgehead atoms. The molecule has 0 aromatic rings. The van der Waals surface area contributed by atoms with Crippen molar-refractivity contribution >= 4 is 0 Å². The molecule has 0 radical (unpaired) electrons. The summed E-state index contributed by atoms with van der Waals surface area (Å²) in [5, 5.41) is 27.7. The highest BCUT2D eigenvalue weighted by atomic mass is 16.3. The third kappa shape index (κ3) is 5.52. The van der Waals surface area contributed by atoms with Gasteiger partial charge >= 0.3 is 0 Å². The Morgan fingerprint density at radius 3 is 1.33 bits per heavy atom. The first kappa shape index (κ1) is 11.9. The summed E-state index contributed by atoms with van der Waals surface area (Å²) in [6.45, 7) is 3.74. The molecule has 0 amide bonds. The number of hydrogen-bond acceptors (Lipinski definition) is 3. The molecule has 0 aliphatic rings. The molecule has 0 aromatic heterocycles. The second kappa shape index (κ2) is 6.40. The zero-order valence-electron chi connectivity index (χ0n) is 7.90. The van der Waals surface area contributed by atoms with E-state index >= 15 is 0 Å². The van der Waals surface area contributed by atoms with E-state index in [1.54, 1.807) is 0 Å². The molecule has 0 aliphatic heterocycles. The largest absolute Gasteiger partial charge is 0.393 e. The van der Waals surface area contributed by atoms with E-state index in [4.69, 9.17) is 0 Å². The van der Waals surface area contributed by atoms with Crippen LogP contribution in [0.2, 0.25) is 0 Å². The van der Waals surface area contributed by atoms with Gasteiger partial charge in [0.05, 0.1) is 18.3 Å². The maximum Gasteiger partial charge on any atom is 0.0589 e. The molecule has 3 nitrogen and oxygen atoms in total. The lowest BCUT2D eigenvalue weighted by Crippen LogP contribution is -2.22. The number of hydrogen-bond donors (Lipinski definition) is 3. The lowest BCUT2D eigenvalue weighted by atomic mass is 10.0. The molecule has 0 aliphatic carbocycles. The molecule has 74 valence electrons. The van der Waals surface area contributed by atoms with Gasteiger partial charge in [0.15, 0.2) is 0 Å². The summed E-state index contributed by atoms with van der Waals surface area (Å²) in [4.78, 5) is 0. The van der Waals surface area contributed by atoms with Gasteiger partial charge in [0.1, 0.15) is 0 Å². The smallest absolute Gasteiger partial charge is 0.0589 e. The Balaban J connectivity index is 3.51. The van der Waals surface area contributed by atoms with E-state index in [2.05, 4.69) is 0 Å². The van der Waals surface area contributed by atoms with Crippen molar-refractivity contribution in [3.8, 4) is 0 Å². The molecule has 12 heavy (non-hydrogen) atoms. The number of aliphatic hydroxyl groups excluding tert-OH is 3.